The Morgan fingerprint density at radius 3 is 1.27 bits per heavy atom. The Morgan fingerprint density at radius 2 is 0.848 bits per heavy atom. The Hall–Kier alpha value is -2.82. The molecule has 66 heavy (non-hydrogen) atoms. The maximum Gasteiger partial charge on any atom is 0.472 e. The van der Waals surface area contributed by atoms with E-state index in [0.717, 1.165) is 70.6 Å². The summed E-state index contributed by atoms with van der Waals surface area (Å²) in [5.41, 5.74) is 5.35. The molecular weight excluding hydrogens is 854 g/mol. The molecule has 0 aromatic heterocycles. The lowest BCUT2D eigenvalue weighted by Gasteiger charge is -2.20. The smallest absolute Gasteiger partial charge is 0.472 e. The molecule has 0 saturated carbocycles. The minimum atomic E-state index is -4.73. The lowest BCUT2D eigenvalue weighted by Crippen LogP contribution is -2.34. The number of hydrogen-bond acceptors (Lipinski definition) is 9. The number of nitrogens with two attached hydrogens (primary N) is 1. The predicted octanol–water partition coefficient (Wildman–Crippen LogP) is 15.1. The molecule has 0 aliphatic carbocycles. The van der Waals surface area contributed by atoms with Gasteiger partial charge in [0.1, 0.15) is 12.6 Å². The molecule has 0 rings (SSSR count). The van der Waals surface area contributed by atoms with Crippen LogP contribution in [-0.4, -0.2) is 59.9 Å². The number of ether oxygens (including phenoxy) is 2. The average molecular weight is 950 g/mol. The van der Waals surface area contributed by atoms with E-state index in [2.05, 4.69) is 79.1 Å². The molecule has 0 aliphatic heterocycles. The summed E-state index contributed by atoms with van der Waals surface area (Å²) in [6.07, 6.45) is 58.6. The molecule has 0 amide bonds. The van der Waals surface area contributed by atoms with Gasteiger partial charge in [-0.1, -0.05) is 222 Å². The van der Waals surface area contributed by atoms with Gasteiger partial charge in [-0.15, -0.1) is 0 Å². The molecule has 1 unspecified atom stereocenters. The zero-order chi connectivity index (χ0) is 48.4. The van der Waals surface area contributed by atoms with Crippen LogP contribution in [0.5, 0.6) is 0 Å². The van der Waals surface area contributed by atoms with Crippen molar-refractivity contribution in [1.29, 1.82) is 0 Å². The van der Waals surface area contributed by atoms with Crippen LogP contribution in [0, 0.1) is 0 Å². The SMILES string of the molecule is CC/C=C/C/C=C/C/C=C/C/C=C/C/C=C/CCCCCC(=O)OC[C@H](COP(=O)(O)OC[C@H](N)C(=O)O)OC(=O)CCCCCCCCCCCCCCCCCCCCCCCCC. The summed E-state index contributed by atoms with van der Waals surface area (Å²) in [7, 11) is -4.73. The van der Waals surface area contributed by atoms with E-state index in [0.29, 0.717) is 12.8 Å². The molecule has 0 aliphatic rings. The first-order valence-electron chi connectivity index (χ1n) is 26.3. The van der Waals surface area contributed by atoms with Gasteiger partial charge < -0.3 is 25.2 Å². The number of carboxylic acid groups (broad SMARTS) is 1. The highest BCUT2D eigenvalue weighted by atomic mass is 31.2. The highest BCUT2D eigenvalue weighted by Gasteiger charge is 2.28. The molecule has 0 bridgehead atoms. The standard InChI is InChI=1S/C54H96NO10P/c1-3-5-7-9-11-13-15-17-19-21-23-24-25-26-28-30-32-34-36-38-40-42-44-46-53(57)65-50(48-63-66(60,61)64-49-51(55)54(58)59)47-62-52(56)45-43-41-39-37-35-33-31-29-27-22-20-18-16-14-12-10-8-6-4-2/h6,8,12,14,18,20,27,29,33,35,50-51H,3-5,7,9-11,13,15-17,19,21-26,28,30-32,34,36-49,55H2,1-2H3,(H,58,59)(H,60,61)/b8-6+,14-12+,20-18+,29-27+,35-33+/t50-,51+/m1/s1. The summed E-state index contributed by atoms with van der Waals surface area (Å²) in [5, 5.41) is 8.93. The number of carboxylic acids is 1. The number of esters is 2. The molecule has 0 spiro atoms. The fraction of sp³-hybridized carbons (Fsp3) is 0.759. The highest BCUT2D eigenvalue weighted by molar-refractivity contribution is 7.47. The van der Waals surface area contributed by atoms with Crippen molar-refractivity contribution in [3.63, 3.8) is 0 Å². The van der Waals surface area contributed by atoms with E-state index in [1.54, 1.807) is 0 Å². The van der Waals surface area contributed by atoms with Crippen molar-refractivity contribution in [3.8, 4) is 0 Å². The molecule has 0 saturated heterocycles. The Labute approximate surface area is 402 Å². The first-order valence-corrected chi connectivity index (χ1v) is 27.8. The normalized spacial score (nSPS) is 14.0. The van der Waals surface area contributed by atoms with Crippen LogP contribution in [0.15, 0.2) is 60.8 Å². The zero-order valence-corrected chi connectivity index (χ0v) is 42.7. The van der Waals surface area contributed by atoms with Crippen LogP contribution >= 0.6 is 7.82 Å². The van der Waals surface area contributed by atoms with Crippen molar-refractivity contribution in [1.82, 2.24) is 0 Å². The van der Waals surface area contributed by atoms with Crippen LogP contribution in [0.1, 0.15) is 232 Å². The van der Waals surface area contributed by atoms with Gasteiger partial charge in [0.2, 0.25) is 0 Å². The van der Waals surface area contributed by atoms with Gasteiger partial charge in [-0.2, -0.15) is 0 Å². The third-order valence-electron chi connectivity index (χ3n) is 11.3. The molecule has 0 fully saturated rings. The average Bonchev–Trinajstić information content (AvgIpc) is 3.30. The summed E-state index contributed by atoms with van der Waals surface area (Å²) < 4.78 is 32.8. The van der Waals surface area contributed by atoms with Gasteiger partial charge in [0.15, 0.2) is 6.10 Å². The van der Waals surface area contributed by atoms with Crippen LogP contribution in [0.25, 0.3) is 0 Å². The fourth-order valence-corrected chi connectivity index (χ4v) is 7.99. The number of carbonyl (C=O) groups is 3. The van der Waals surface area contributed by atoms with E-state index in [1.165, 1.54) is 122 Å². The van der Waals surface area contributed by atoms with Gasteiger partial charge in [-0.3, -0.25) is 23.4 Å². The third kappa shape index (κ3) is 47.7. The maximum atomic E-state index is 12.7. The second kappa shape index (κ2) is 48.6. The van der Waals surface area contributed by atoms with Crippen LogP contribution in [0.3, 0.4) is 0 Å². The van der Waals surface area contributed by atoms with E-state index in [4.69, 9.17) is 24.8 Å². The predicted molar refractivity (Wildman–Crippen MR) is 272 cm³/mol. The van der Waals surface area contributed by atoms with E-state index < -0.39 is 51.1 Å². The largest absolute Gasteiger partial charge is 0.480 e. The molecule has 3 atom stereocenters. The van der Waals surface area contributed by atoms with Crippen molar-refractivity contribution >= 4 is 25.7 Å². The Morgan fingerprint density at radius 1 is 0.485 bits per heavy atom. The fourth-order valence-electron chi connectivity index (χ4n) is 7.21. The summed E-state index contributed by atoms with van der Waals surface area (Å²) in [4.78, 5) is 46.2. The summed E-state index contributed by atoms with van der Waals surface area (Å²) in [5.74, 6) is -2.41. The van der Waals surface area contributed by atoms with Gasteiger partial charge in [-0.25, -0.2) is 4.57 Å². The molecular formula is C54H96NO10P. The van der Waals surface area contributed by atoms with Gasteiger partial charge in [0.05, 0.1) is 13.2 Å². The number of rotatable bonds is 49. The van der Waals surface area contributed by atoms with Gasteiger partial charge in [0, 0.05) is 12.8 Å². The highest BCUT2D eigenvalue weighted by Crippen LogP contribution is 2.43. The number of phosphoric ester groups is 1. The first-order chi connectivity index (χ1) is 32.1. The van der Waals surface area contributed by atoms with Gasteiger partial charge >= 0.3 is 25.7 Å². The lowest BCUT2D eigenvalue weighted by molar-refractivity contribution is -0.161. The minimum absolute atomic E-state index is 0.155. The number of carbonyl (C=O) groups excluding carboxylic acids is 2. The van der Waals surface area contributed by atoms with Gasteiger partial charge in [-0.05, 0) is 57.8 Å². The van der Waals surface area contributed by atoms with Crippen molar-refractivity contribution < 1.29 is 47.5 Å². The van der Waals surface area contributed by atoms with Crippen LogP contribution in [0.4, 0.5) is 0 Å². The maximum absolute atomic E-state index is 12.7. The van der Waals surface area contributed by atoms with Crippen molar-refractivity contribution in [2.75, 3.05) is 19.8 Å². The Bertz CT molecular complexity index is 1350. The molecule has 382 valence electrons. The third-order valence-corrected chi connectivity index (χ3v) is 12.2. The minimum Gasteiger partial charge on any atom is -0.480 e. The van der Waals surface area contributed by atoms with Crippen LogP contribution in [-0.2, 0) is 37.5 Å². The van der Waals surface area contributed by atoms with E-state index >= 15 is 0 Å². The van der Waals surface area contributed by atoms with Gasteiger partial charge in [0.25, 0.3) is 0 Å². The van der Waals surface area contributed by atoms with Crippen molar-refractivity contribution in [2.24, 2.45) is 5.73 Å². The zero-order valence-electron chi connectivity index (χ0n) is 41.8. The Kier molecular flexibility index (Phi) is 46.6. The van der Waals surface area contributed by atoms with E-state index in [9.17, 15) is 23.8 Å². The summed E-state index contributed by atoms with van der Waals surface area (Å²) in [6.45, 7) is 2.69. The molecule has 0 aromatic carbocycles. The number of hydrogen-bond donors (Lipinski definition) is 3. The number of unbranched alkanes of at least 4 members (excludes halogenated alkanes) is 25. The van der Waals surface area contributed by atoms with E-state index in [-0.39, 0.29) is 19.4 Å². The quantitative estimate of drug-likeness (QED) is 0.0229. The summed E-state index contributed by atoms with van der Waals surface area (Å²) in [6, 6.07) is -1.53. The molecule has 0 aromatic rings. The molecule has 0 radical (unpaired) electrons. The number of aliphatic carboxylic acids is 1. The monoisotopic (exact) mass is 950 g/mol. The molecule has 11 nitrogen and oxygen atoms in total. The van der Waals surface area contributed by atoms with Crippen LogP contribution < -0.4 is 5.73 Å². The Balaban J connectivity index is 4.26. The first kappa shape index (κ1) is 63.2. The topological polar surface area (TPSA) is 172 Å². The second-order valence-corrected chi connectivity index (χ2v) is 19.1. The molecule has 4 N–H and O–H groups in total. The summed E-state index contributed by atoms with van der Waals surface area (Å²) >= 11 is 0. The van der Waals surface area contributed by atoms with E-state index in [1.807, 2.05) is 0 Å². The molecule has 0 heterocycles. The lowest BCUT2D eigenvalue weighted by atomic mass is 10.0. The number of allylic oxidation sites excluding steroid dienone is 10. The van der Waals surface area contributed by atoms with Crippen molar-refractivity contribution in [2.45, 2.75) is 244 Å². The molecule has 12 heteroatoms. The second-order valence-electron chi connectivity index (χ2n) is 17.6. The number of phosphoric acid groups is 1. The van der Waals surface area contributed by atoms with Crippen molar-refractivity contribution in [3.05, 3.63) is 60.8 Å². The van der Waals surface area contributed by atoms with Crippen LogP contribution in [0.2, 0.25) is 0 Å².